The van der Waals surface area contributed by atoms with E-state index in [1.165, 1.54) is 22.3 Å². The fourth-order valence-electron chi connectivity index (χ4n) is 2.18. The average Bonchev–Trinajstić information content (AvgIpc) is 2.50. The summed E-state index contributed by atoms with van der Waals surface area (Å²) in [5.41, 5.74) is 5.35. The van der Waals surface area contributed by atoms with Gasteiger partial charge >= 0.3 is 0 Å². The van der Waals surface area contributed by atoms with Gasteiger partial charge in [0, 0.05) is 0 Å². The molecule has 0 aliphatic heterocycles. The van der Waals surface area contributed by atoms with Crippen molar-refractivity contribution in [2.45, 2.75) is 13.8 Å². The van der Waals surface area contributed by atoms with Crippen LogP contribution in [0.2, 0.25) is 0 Å². The maximum Gasteiger partial charge on any atom is 0.115 e. The molecule has 3 aromatic carbocycles. The van der Waals surface area contributed by atoms with Crippen molar-refractivity contribution in [2.75, 3.05) is 0 Å². The first-order chi connectivity index (χ1) is 10.2. The first kappa shape index (κ1) is 14.9. The molecule has 0 fully saturated rings. The molecule has 0 saturated heterocycles. The molecule has 0 saturated carbocycles. The Balaban J connectivity index is 0.000000194. The maximum atomic E-state index is 8.63. The number of hydrogen-bond acceptors (Lipinski definition) is 1. The smallest absolute Gasteiger partial charge is 0.115 e. The highest BCUT2D eigenvalue weighted by Gasteiger charge is 2.02. The molecule has 0 aliphatic rings. The van der Waals surface area contributed by atoms with Crippen LogP contribution in [0, 0.1) is 13.8 Å². The Morgan fingerprint density at radius 3 is 1.24 bits per heavy atom. The molecule has 3 aromatic rings. The van der Waals surface area contributed by atoms with Gasteiger partial charge in [-0.25, -0.2) is 0 Å². The van der Waals surface area contributed by atoms with Crippen LogP contribution in [0.5, 0.6) is 5.75 Å². The Bertz CT molecular complexity index is 643. The molecular formula is C20H20O. The van der Waals surface area contributed by atoms with E-state index in [0.29, 0.717) is 5.75 Å². The third kappa shape index (κ3) is 4.22. The summed E-state index contributed by atoms with van der Waals surface area (Å²) in [6.07, 6.45) is 0. The van der Waals surface area contributed by atoms with Gasteiger partial charge in [0.1, 0.15) is 5.75 Å². The summed E-state index contributed by atoms with van der Waals surface area (Å²) in [5, 5.41) is 8.63. The molecule has 106 valence electrons. The van der Waals surface area contributed by atoms with E-state index in [-0.39, 0.29) is 0 Å². The minimum absolute atomic E-state index is 0.322. The van der Waals surface area contributed by atoms with Crippen molar-refractivity contribution in [3.8, 4) is 16.9 Å². The second-order valence-electron chi connectivity index (χ2n) is 4.97. The molecular weight excluding hydrogens is 256 g/mol. The van der Waals surface area contributed by atoms with Crippen LogP contribution in [0.3, 0.4) is 0 Å². The van der Waals surface area contributed by atoms with Crippen LogP contribution >= 0.6 is 0 Å². The van der Waals surface area contributed by atoms with E-state index in [0.717, 1.165) is 0 Å². The van der Waals surface area contributed by atoms with E-state index in [4.69, 9.17) is 5.11 Å². The van der Waals surface area contributed by atoms with E-state index in [2.05, 4.69) is 62.4 Å². The largest absolute Gasteiger partial charge is 0.508 e. The number of aryl methyl sites for hydroxylation is 2. The van der Waals surface area contributed by atoms with Crippen molar-refractivity contribution < 1.29 is 5.11 Å². The number of phenols is 1. The van der Waals surface area contributed by atoms with E-state index in [1.54, 1.807) is 24.3 Å². The number of aromatic hydroxyl groups is 1. The second-order valence-corrected chi connectivity index (χ2v) is 4.97. The van der Waals surface area contributed by atoms with Gasteiger partial charge in [0.15, 0.2) is 0 Å². The van der Waals surface area contributed by atoms with E-state index >= 15 is 0 Å². The Kier molecular flexibility index (Phi) is 5.16. The first-order valence-electron chi connectivity index (χ1n) is 7.04. The molecule has 21 heavy (non-hydrogen) atoms. The van der Waals surface area contributed by atoms with Crippen LogP contribution in [0.1, 0.15) is 11.1 Å². The Labute approximate surface area is 126 Å². The standard InChI is InChI=1S/C14H14.C6H6O/c1-11-7-3-5-9-13(11)14-10-6-4-8-12(14)2;7-6-4-2-1-3-5-6/h3-10H,1-2H3;1-5,7H. The van der Waals surface area contributed by atoms with Crippen molar-refractivity contribution in [3.05, 3.63) is 90.0 Å². The van der Waals surface area contributed by atoms with Gasteiger partial charge in [-0.05, 0) is 48.2 Å². The molecule has 1 nitrogen and oxygen atoms in total. The molecule has 0 heterocycles. The molecule has 0 bridgehead atoms. The molecule has 0 radical (unpaired) electrons. The summed E-state index contributed by atoms with van der Waals surface area (Å²) in [6, 6.07) is 25.7. The molecule has 0 unspecified atom stereocenters. The van der Waals surface area contributed by atoms with Crippen LogP contribution in [-0.4, -0.2) is 5.11 Å². The van der Waals surface area contributed by atoms with Gasteiger partial charge in [-0.3, -0.25) is 0 Å². The molecule has 0 atom stereocenters. The lowest BCUT2D eigenvalue weighted by molar-refractivity contribution is 0.475. The van der Waals surface area contributed by atoms with Crippen molar-refractivity contribution in [3.63, 3.8) is 0 Å². The topological polar surface area (TPSA) is 20.2 Å². The molecule has 1 N–H and O–H groups in total. The predicted molar refractivity (Wildman–Crippen MR) is 89.5 cm³/mol. The van der Waals surface area contributed by atoms with Crippen LogP contribution in [0.25, 0.3) is 11.1 Å². The summed E-state index contributed by atoms with van der Waals surface area (Å²) in [6.45, 7) is 4.31. The lowest BCUT2D eigenvalue weighted by Gasteiger charge is -2.08. The van der Waals surface area contributed by atoms with E-state index in [1.807, 2.05) is 6.07 Å². The normalized spacial score (nSPS) is 9.62. The van der Waals surface area contributed by atoms with Gasteiger partial charge in [0.25, 0.3) is 0 Å². The van der Waals surface area contributed by atoms with Crippen LogP contribution in [0.4, 0.5) is 0 Å². The average molecular weight is 276 g/mol. The van der Waals surface area contributed by atoms with Gasteiger partial charge in [0.05, 0.1) is 0 Å². The molecule has 0 spiro atoms. The van der Waals surface area contributed by atoms with Crippen LogP contribution in [-0.2, 0) is 0 Å². The van der Waals surface area contributed by atoms with Gasteiger partial charge in [-0.15, -0.1) is 0 Å². The quantitative estimate of drug-likeness (QED) is 0.634. The van der Waals surface area contributed by atoms with E-state index < -0.39 is 0 Å². The first-order valence-corrected chi connectivity index (χ1v) is 7.04. The third-order valence-corrected chi connectivity index (χ3v) is 3.34. The Morgan fingerprint density at radius 2 is 0.905 bits per heavy atom. The van der Waals surface area contributed by atoms with Crippen molar-refractivity contribution in [1.82, 2.24) is 0 Å². The molecule has 1 heteroatoms. The minimum Gasteiger partial charge on any atom is -0.508 e. The molecule has 0 amide bonds. The van der Waals surface area contributed by atoms with Gasteiger partial charge < -0.3 is 5.11 Å². The van der Waals surface area contributed by atoms with Crippen molar-refractivity contribution in [1.29, 1.82) is 0 Å². The van der Waals surface area contributed by atoms with Gasteiger partial charge in [0.2, 0.25) is 0 Å². The summed E-state index contributed by atoms with van der Waals surface area (Å²) in [4.78, 5) is 0. The van der Waals surface area contributed by atoms with Crippen molar-refractivity contribution >= 4 is 0 Å². The predicted octanol–water partition coefficient (Wildman–Crippen LogP) is 5.36. The maximum absolute atomic E-state index is 8.63. The monoisotopic (exact) mass is 276 g/mol. The van der Waals surface area contributed by atoms with Crippen molar-refractivity contribution in [2.24, 2.45) is 0 Å². The summed E-state index contributed by atoms with van der Waals surface area (Å²) >= 11 is 0. The highest BCUT2D eigenvalue weighted by Crippen LogP contribution is 2.25. The summed E-state index contributed by atoms with van der Waals surface area (Å²) < 4.78 is 0. The Morgan fingerprint density at radius 1 is 0.524 bits per heavy atom. The molecule has 0 aliphatic carbocycles. The Hall–Kier alpha value is -2.54. The molecule has 3 rings (SSSR count). The number of hydrogen-bond donors (Lipinski definition) is 1. The second kappa shape index (κ2) is 7.30. The van der Waals surface area contributed by atoms with E-state index in [9.17, 15) is 0 Å². The lowest BCUT2D eigenvalue weighted by Crippen LogP contribution is -1.85. The van der Waals surface area contributed by atoms with Crippen LogP contribution < -0.4 is 0 Å². The van der Waals surface area contributed by atoms with Gasteiger partial charge in [-0.2, -0.15) is 0 Å². The number of para-hydroxylation sites is 1. The zero-order valence-electron chi connectivity index (χ0n) is 12.5. The zero-order chi connectivity index (χ0) is 15.1. The van der Waals surface area contributed by atoms with Crippen LogP contribution in [0.15, 0.2) is 78.9 Å². The highest BCUT2D eigenvalue weighted by atomic mass is 16.3. The zero-order valence-corrected chi connectivity index (χ0v) is 12.5. The number of benzene rings is 3. The SMILES string of the molecule is Cc1ccccc1-c1ccccc1C.Oc1ccccc1. The fraction of sp³-hybridized carbons (Fsp3) is 0.100. The lowest BCUT2D eigenvalue weighted by atomic mass is 9.97. The minimum atomic E-state index is 0.322. The fourth-order valence-corrected chi connectivity index (χ4v) is 2.18. The molecule has 0 aromatic heterocycles. The van der Waals surface area contributed by atoms with Gasteiger partial charge in [-0.1, -0.05) is 66.7 Å². The highest BCUT2D eigenvalue weighted by molar-refractivity contribution is 5.70. The number of rotatable bonds is 1. The summed E-state index contributed by atoms with van der Waals surface area (Å²) in [7, 11) is 0. The summed E-state index contributed by atoms with van der Waals surface area (Å²) in [5.74, 6) is 0.322. The number of phenolic OH excluding ortho intramolecular Hbond substituents is 1. The third-order valence-electron chi connectivity index (χ3n) is 3.34.